The highest BCUT2D eigenvalue weighted by molar-refractivity contribution is 7.88. The maximum atomic E-state index is 14.6. The summed E-state index contributed by atoms with van der Waals surface area (Å²) in [6, 6.07) is 10.0. The van der Waals surface area contributed by atoms with Gasteiger partial charge in [-0.05, 0) is 61.6 Å². The Balaban J connectivity index is 1.35. The van der Waals surface area contributed by atoms with Gasteiger partial charge >= 0.3 is 0 Å². The summed E-state index contributed by atoms with van der Waals surface area (Å²) in [5, 5.41) is 8.11. The Labute approximate surface area is 246 Å². The monoisotopic (exact) mass is 601 g/mol. The van der Waals surface area contributed by atoms with Gasteiger partial charge in [0.25, 0.3) is 0 Å². The fourth-order valence-corrected chi connectivity index (χ4v) is 5.06. The van der Waals surface area contributed by atoms with E-state index in [4.69, 9.17) is 4.74 Å². The number of hydrogen-bond donors (Lipinski definition) is 3. The van der Waals surface area contributed by atoms with Crippen molar-refractivity contribution in [3.8, 4) is 39.5 Å². The van der Waals surface area contributed by atoms with Crippen LogP contribution in [0.4, 0.5) is 4.39 Å². The van der Waals surface area contributed by atoms with E-state index in [2.05, 4.69) is 39.8 Å². The third-order valence-corrected chi connectivity index (χ3v) is 7.37. The second-order valence-electron chi connectivity index (χ2n) is 10.3. The Morgan fingerprint density at radius 1 is 1.00 bits per heavy atom. The van der Waals surface area contributed by atoms with E-state index in [1.807, 2.05) is 31.1 Å². The maximum Gasteiger partial charge on any atom is 0.209 e. The SMILES string of the molecule is CN(C)CCOc1cncc(-c2cnc3n[nH]c(-c4nc5nccc(-c6cc(F)cc(CNS(C)(=O)=O)c6)c5[nH]4)c3c2)c1. The van der Waals surface area contributed by atoms with Gasteiger partial charge in [0.05, 0.1) is 23.4 Å². The summed E-state index contributed by atoms with van der Waals surface area (Å²) in [7, 11) is 0.531. The van der Waals surface area contributed by atoms with E-state index < -0.39 is 15.8 Å². The molecule has 0 atom stereocenters. The standard InChI is InChI=1S/C29H28FN9O3S/c1-39(2)6-7-42-22-11-19(14-31-16-22)20-12-24-26(37-38-27(24)33-15-20)29-35-25-23(4-5-32-28(25)36-29)18-8-17(9-21(30)10-18)13-34-43(3,40)41/h4-5,8-12,14-16,34H,6-7,13H2,1-3H3,(H,32,35,36)(H,33,37,38). The molecule has 6 aromatic rings. The zero-order valence-corrected chi connectivity index (χ0v) is 24.4. The molecule has 0 radical (unpaired) electrons. The highest BCUT2D eigenvalue weighted by atomic mass is 32.2. The molecule has 0 aliphatic rings. The number of rotatable bonds is 10. The quantitative estimate of drug-likeness (QED) is 0.213. The molecule has 6 rings (SSSR count). The summed E-state index contributed by atoms with van der Waals surface area (Å²) in [5.41, 5.74) is 5.47. The van der Waals surface area contributed by atoms with Crippen molar-refractivity contribution in [2.24, 2.45) is 0 Å². The molecule has 3 N–H and O–H groups in total. The Hall–Kier alpha value is -4.79. The van der Waals surface area contributed by atoms with E-state index in [9.17, 15) is 12.8 Å². The van der Waals surface area contributed by atoms with Crippen LogP contribution < -0.4 is 9.46 Å². The number of fused-ring (bicyclic) bond motifs is 2. The lowest BCUT2D eigenvalue weighted by Gasteiger charge is -2.11. The average molecular weight is 602 g/mol. The Morgan fingerprint density at radius 3 is 2.65 bits per heavy atom. The fourth-order valence-electron chi connectivity index (χ4n) is 4.63. The molecule has 0 saturated carbocycles. The zero-order chi connectivity index (χ0) is 30.1. The number of nitrogens with zero attached hydrogens (tertiary/aromatic N) is 6. The molecule has 14 heteroatoms. The van der Waals surface area contributed by atoms with E-state index in [0.717, 1.165) is 29.3 Å². The first kappa shape index (κ1) is 28.3. The number of sulfonamides is 1. The molecule has 0 unspecified atom stereocenters. The van der Waals surface area contributed by atoms with Crippen LogP contribution in [-0.4, -0.2) is 81.9 Å². The fraction of sp³-hybridized carbons (Fsp3) is 0.207. The van der Waals surface area contributed by atoms with Gasteiger partial charge in [-0.1, -0.05) is 0 Å². The highest BCUT2D eigenvalue weighted by Gasteiger charge is 2.17. The highest BCUT2D eigenvalue weighted by Crippen LogP contribution is 2.33. The van der Waals surface area contributed by atoms with Crippen molar-refractivity contribution in [1.82, 2.24) is 44.7 Å². The molecule has 0 fully saturated rings. The van der Waals surface area contributed by atoms with Crippen LogP contribution in [0, 0.1) is 5.82 Å². The number of aromatic amines is 2. The summed E-state index contributed by atoms with van der Waals surface area (Å²) in [5.74, 6) is 0.647. The van der Waals surface area contributed by atoms with Gasteiger partial charge in [-0.15, -0.1) is 0 Å². The molecule has 1 aromatic carbocycles. The van der Waals surface area contributed by atoms with E-state index in [1.54, 1.807) is 36.9 Å². The van der Waals surface area contributed by atoms with Gasteiger partial charge in [0.2, 0.25) is 10.0 Å². The topological polar surface area (TPSA) is 155 Å². The van der Waals surface area contributed by atoms with E-state index in [0.29, 0.717) is 57.4 Å². The lowest BCUT2D eigenvalue weighted by molar-refractivity contribution is 0.261. The van der Waals surface area contributed by atoms with Crippen LogP contribution in [0.2, 0.25) is 0 Å². The average Bonchev–Trinajstić information content (AvgIpc) is 3.59. The molecule has 220 valence electrons. The van der Waals surface area contributed by atoms with E-state index >= 15 is 0 Å². The van der Waals surface area contributed by atoms with Gasteiger partial charge in [-0.25, -0.2) is 32.5 Å². The number of imidazole rings is 1. The lowest BCUT2D eigenvalue weighted by atomic mass is 10.0. The molecule has 43 heavy (non-hydrogen) atoms. The molecule has 5 aromatic heterocycles. The number of aromatic nitrogens is 7. The molecule has 0 amide bonds. The molecule has 0 spiro atoms. The van der Waals surface area contributed by atoms with Gasteiger partial charge in [0.1, 0.15) is 23.9 Å². The number of nitrogens with one attached hydrogen (secondary N) is 3. The van der Waals surface area contributed by atoms with Gasteiger partial charge in [0, 0.05) is 48.4 Å². The van der Waals surface area contributed by atoms with Crippen LogP contribution in [0.3, 0.4) is 0 Å². The van der Waals surface area contributed by atoms with Crippen molar-refractivity contribution in [2.75, 3.05) is 33.5 Å². The summed E-state index contributed by atoms with van der Waals surface area (Å²) >= 11 is 0. The van der Waals surface area contributed by atoms with Gasteiger partial charge in [-0.2, -0.15) is 5.10 Å². The van der Waals surface area contributed by atoms with Crippen molar-refractivity contribution >= 4 is 32.2 Å². The third-order valence-electron chi connectivity index (χ3n) is 6.70. The second kappa shape index (κ2) is 11.5. The van der Waals surface area contributed by atoms with E-state index in [1.165, 1.54) is 12.1 Å². The van der Waals surface area contributed by atoms with Crippen molar-refractivity contribution in [3.63, 3.8) is 0 Å². The summed E-state index contributed by atoms with van der Waals surface area (Å²) < 4.78 is 45.9. The molecule has 12 nitrogen and oxygen atoms in total. The Bertz CT molecular complexity index is 2060. The van der Waals surface area contributed by atoms with Crippen LogP contribution >= 0.6 is 0 Å². The number of likely N-dealkylation sites (N-methyl/N-ethyl adjacent to an activating group) is 1. The predicted octanol–water partition coefficient (Wildman–Crippen LogP) is 3.75. The van der Waals surface area contributed by atoms with Crippen molar-refractivity contribution in [3.05, 3.63) is 72.6 Å². The van der Waals surface area contributed by atoms with Gasteiger partial charge < -0.3 is 14.6 Å². The summed E-state index contributed by atoms with van der Waals surface area (Å²) in [6.45, 7) is 1.28. The lowest BCUT2D eigenvalue weighted by Crippen LogP contribution is -2.21. The van der Waals surface area contributed by atoms with E-state index in [-0.39, 0.29) is 6.54 Å². The van der Waals surface area contributed by atoms with Crippen LogP contribution in [0.15, 0.2) is 61.2 Å². The minimum Gasteiger partial charge on any atom is -0.491 e. The number of ether oxygens (including phenoxy) is 1. The van der Waals surface area contributed by atoms with Crippen molar-refractivity contribution in [1.29, 1.82) is 0 Å². The molecular formula is C29H28FN9O3S. The van der Waals surface area contributed by atoms with Crippen LogP contribution in [0.25, 0.3) is 56.0 Å². The largest absolute Gasteiger partial charge is 0.491 e. The third kappa shape index (κ3) is 6.35. The van der Waals surface area contributed by atoms with Crippen molar-refractivity contribution in [2.45, 2.75) is 6.54 Å². The van der Waals surface area contributed by atoms with Crippen LogP contribution in [0.1, 0.15) is 5.56 Å². The van der Waals surface area contributed by atoms with Gasteiger partial charge in [0.15, 0.2) is 17.1 Å². The summed E-state index contributed by atoms with van der Waals surface area (Å²) in [6.07, 6.45) is 7.80. The zero-order valence-electron chi connectivity index (χ0n) is 23.6. The van der Waals surface area contributed by atoms with Crippen LogP contribution in [-0.2, 0) is 16.6 Å². The molecule has 0 bridgehead atoms. The first-order valence-corrected chi connectivity index (χ1v) is 15.2. The first-order valence-electron chi connectivity index (χ1n) is 13.3. The molecule has 0 aliphatic heterocycles. The predicted molar refractivity (Wildman–Crippen MR) is 161 cm³/mol. The molecule has 0 saturated heterocycles. The number of benzene rings is 1. The Kier molecular flexibility index (Phi) is 7.56. The normalized spacial score (nSPS) is 12.0. The molecule has 0 aliphatic carbocycles. The Morgan fingerprint density at radius 2 is 1.84 bits per heavy atom. The molecular weight excluding hydrogens is 573 g/mol. The summed E-state index contributed by atoms with van der Waals surface area (Å²) in [4.78, 5) is 23.3. The number of hydrogen-bond acceptors (Lipinski definition) is 9. The first-order chi connectivity index (χ1) is 20.6. The number of halogens is 1. The van der Waals surface area contributed by atoms with Crippen LogP contribution in [0.5, 0.6) is 5.75 Å². The maximum absolute atomic E-state index is 14.6. The minimum atomic E-state index is -3.44. The number of H-pyrrole nitrogens is 2. The minimum absolute atomic E-state index is 0.0395. The smallest absolute Gasteiger partial charge is 0.209 e. The molecule has 5 heterocycles. The second-order valence-corrected chi connectivity index (χ2v) is 12.2. The van der Waals surface area contributed by atoms with Gasteiger partial charge in [-0.3, -0.25) is 10.1 Å². The number of pyridine rings is 3. The van der Waals surface area contributed by atoms with Crippen molar-refractivity contribution < 1.29 is 17.5 Å².